The van der Waals surface area contributed by atoms with E-state index in [9.17, 15) is 4.79 Å². The number of nitrogens with one attached hydrogen (secondary N) is 1. The van der Waals surface area contributed by atoms with Gasteiger partial charge in [-0.15, -0.1) is 0 Å². The number of carbonyl (C=O) groups is 1. The van der Waals surface area contributed by atoms with Crippen molar-refractivity contribution in [1.29, 1.82) is 0 Å². The topological polar surface area (TPSA) is 66.0 Å². The number of imidazole rings is 1. The minimum atomic E-state index is -0.810. The number of nitrogens with zero attached hydrogens (tertiary/aromatic N) is 1. The number of aliphatic carboxylic acids is 1. The molecule has 5 heteroatoms. The van der Waals surface area contributed by atoms with Gasteiger partial charge in [0.1, 0.15) is 10.4 Å². The molecule has 0 radical (unpaired) electrons. The molecule has 1 aromatic carbocycles. The molecule has 0 atom stereocenters. The van der Waals surface area contributed by atoms with Gasteiger partial charge in [0.15, 0.2) is 0 Å². The van der Waals surface area contributed by atoms with Gasteiger partial charge in [-0.25, -0.2) is 4.98 Å². The summed E-state index contributed by atoms with van der Waals surface area (Å²) in [5, 5.41) is 8.70. The van der Waals surface area contributed by atoms with Crippen molar-refractivity contribution in [2.75, 3.05) is 0 Å². The molecule has 0 unspecified atom stereocenters. The van der Waals surface area contributed by atoms with Crippen LogP contribution >= 0.6 is 15.9 Å². The molecule has 1 aromatic heterocycles. The Labute approximate surface area is 120 Å². The Morgan fingerprint density at radius 1 is 1.37 bits per heavy atom. The van der Waals surface area contributed by atoms with E-state index in [1.807, 2.05) is 12.1 Å². The fourth-order valence-corrected chi connectivity index (χ4v) is 2.30. The Hall–Kier alpha value is -1.62. The highest BCUT2D eigenvalue weighted by Gasteiger charge is 2.10. The average Bonchev–Trinajstić information content (AvgIpc) is 2.78. The third-order valence-electron chi connectivity index (χ3n) is 2.95. The maximum atomic E-state index is 10.6. The molecule has 0 saturated heterocycles. The van der Waals surface area contributed by atoms with Crippen molar-refractivity contribution in [3.63, 3.8) is 0 Å². The van der Waals surface area contributed by atoms with E-state index in [-0.39, 0.29) is 6.42 Å². The number of carboxylic acid groups (broad SMARTS) is 1. The van der Waals surface area contributed by atoms with E-state index < -0.39 is 5.97 Å². The Balaban J connectivity index is 2.20. The molecular formula is C14H15BrN2O2. The summed E-state index contributed by atoms with van der Waals surface area (Å²) in [5.74, 6) is -0.0507. The van der Waals surface area contributed by atoms with Gasteiger partial charge in [-0.3, -0.25) is 4.79 Å². The number of aryl methyl sites for hydroxylation is 2. The van der Waals surface area contributed by atoms with Crippen molar-refractivity contribution in [3.8, 4) is 11.4 Å². The van der Waals surface area contributed by atoms with Gasteiger partial charge in [-0.2, -0.15) is 0 Å². The van der Waals surface area contributed by atoms with E-state index in [1.165, 1.54) is 5.56 Å². The van der Waals surface area contributed by atoms with Crippen LogP contribution in [0.2, 0.25) is 0 Å². The predicted molar refractivity (Wildman–Crippen MR) is 77.1 cm³/mol. The van der Waals surface area contributed by atoms with Crippen molar-refractivity contribution >= 4 is 21.9 Å². The van der Waals surface area contributed by atoms with Crippen LogP contribution in [-0.4, -0.2) is 21.0 Å². The lowest BCUT2D eigenvalue weighted by Crippen LogP contribution is -1.98. The Bertz CT molecular complexity index is 576. The first kappa shape index (κ1) is 13.8. The molecule has 0 aliphatic heterocycles. The van der Waals surface area contributed by atoms with Crippen molar-refractivity contribution < 1.29 is 9.90 Å². The highest BCUT2D eigenvalue weighted by atomic mass is 79.9. The molecule has 2 N–H and O–H groups in total. The largest absolute Gasteiger partial charge is 0.481 e. The van der Waals surface area contributed by atoms with Crippen LogP contribution in [0.3, 0.4) is 0 Å². The third kappa shape index (κ3) is 3.44. The first-order valence-electron chi connectivity index (χ1n) is 6.15. The lowest BCUT2D eigenvalue weighted by molar-refractivity contribution is -0.136. The van der Waals surface area contributed by atoms with Gasteiger partial charge < -0.3 is 10.1 Å². The summed E-state index contributed by atoms with van der Waals surface area (Å²) in [7, 11) is 0. The maximum Gasteiger partial charge on any atom is 0.303 e. The third-order valence-corrected chi connectivity index (χ3v) is 3.61. The summed E-state index contributed by atoms with van der Waals surface area (Å²) in [6.45, 7) is 2.11. The molecule has 4 nitrogen and oxygen atoms in total. The van der Waals surface area contributed by atoms with E-state index >= 15 is 0 Å². The smallest absolute Gasteiger partial charge is 0.303 e. The van der Waals surface area contributed by atoms with E-state index in [4.69, 9.17) is 5.11 Å². The molecule has 2 aromatic rings. The highest BCUT2D eigenvalue weighted by Crippen LogP contribution is 2.23. The number of aromatic nitrogens is 2. The lowest BCUT2D eigenvalue weighted by atomic mass is 10.1. The average molecular weight is 323 g/mol. The zero-order valence-electron chi connectivity index (χ0n) is 10.6. The van der Waals surface area contributed by atoms with E-state index in [0.29, 0.717) is 11.0 Å². The monoisotopic (exact) mass is 322 g/mol. The van der Waals surface area contributed by atoms with Crippen molar-refractivity contribution in [2.45, 2.75) is 26.2 Å². The summed E-state index contributed by atoms with van der Waals surface area (Å²) in [4.78, 5) is 18.1. The Morgan fingerprint density at radius 2 is 2.05 bits per heavy atom. The Kier molecular flexibility index (Phi) is 4.37. The van der Waals surface area contributed by atoms with Gasteiger partial charge in [0.2, 0.25) is 0 Å². The second-order valence-electron chi connectivity index (χ2n) is 4.30. The molecule has 1 heterocycles. The van der Waals surface area contributed by atoms with Crippen LogP contribution < -0.4 is 0 Å². The summed E-state index contributed by atoms with van der Waals surface area (Å²) in [5.41, 5.74) is 3.09. The number of aromatic amines is 1. The maximum absolute atomic E-state index is 10.6. The molecular weight excluding hydrogens is 308 g/mol. The van der Waals surface area contributed by atoms with Gasteiger partial charge in [0.25, 0.3) is 0 Å². The second-order valence-corrected chi connectivity index (χ2v) is 5.05. The fourth-order valence-electron chi connectivity index (χ4n) is 1.82. The SMILES string of the molecule is CCc1ccc(-c2nc(Br)c(CCC(=O)O)[nH]2)cc1. The standard InChI is InChI=1S/C14H15BrN2O2/c1-2-9-3-5-10(6-4-9)14-16-11(13(15)17-14)7-8-12(18)19/h3-6H,2,7-8H2,1H3,(H,16,17)(H,18,19). The summed E-state index contributed by atoms with van der Waals surface area (Å²) in [6.07, 6.45) is 1.54. The van der Waals surface area contributed by atoms with Gasteiger partial charge in [-0.1, -0.05) is 31.2 Å². The van der Waals surface area contributed by atoms with Gasteiger partial charge in [-0.05, 0) is 27.9 Å². The van der Waals surface area contributed by atoms with Gasteiger partial charge in [0, 0.05) is 12.0 Å². The van der Waals surface area contributed by atoms with Crippen LogP contribution in [0, 0.1) is 0 Å². The fraction of sp³-hybridized carbons (Fsp3) is 0.286. The predicted octanol–water partition coefficient (Wildman–Crippen LogP) is 3.42. The molecule has 100 valence electrons. The zero-order chi connectivity index (χ0) is 13.8. The quantitative estimate of drug-likeness (QED) is 0.886. The summed E-state index contributed by atoms with van der Waals surface area (Å²) in [6, 6.07) is 8.18. The van der Waals surface area contributed by atoms with E-state index in [1.54, 1.807) is 0 Å². The highest BCUT2D eigenvalue weighted by molar-refractivity contribution is 9.10. The lowest BCUT2D eigenvalue weighted by Gasteiger charge is -1.99. The molecule has 0 aliphatic carbocycles. The normalized spacial score (nSPS) is 10.6. The minimum Gasteiger partial charge on any atom is -0.481 e. The first-order chi connectivity index (χ1) is 9.10. The second kappa shape index (κ2) is 6.02. The molecule has 0 saturated carbocycles. The van der Waals surface area contributed by atoms with Crippen LogP contribution in [0.25, 0.3) is 11.4 Å². The molecule has 19 heavy (non-hydrogen) atoms. The van der Waals surface area contributed by atoms with Crippen LogP contribution in [0.15, 0.2) is 28.9 Å². The van der Waals surface area contributed by atoms with Crippen LogP contribution in [0.4, 0.5) is 0 Å². The van der Waals surface area contributed by atoms with E-state index in [2.05, 4.69) is 45.0 Å². The number of benzene rings is 1. The van der Waals surface area contributed by atoms with Crippen LogP contribution in [-0.2, 0) is 17.6 Å². The number of hydrogen-bond donors (Lipinski definition) is 2. The van der Waals surface area contributed by atoms with Crippen molar-refractivity contribution in [3.05, 3.63) is 40.1 Å². The number of halogens is 1. The Morgan fingerprint density at radius 3 is 2.63 bits per heavy atom. The minimum absolute atomic E-state index is 0.0923. The van der Waals surface area contributed by atoms with Gasteiger partial charge in [0.05, 0.1) is 12.1 Å². The first-order valence-corrected chi connectivity index (χ1v) is 6.95. The number of carboxylic acids is 1. The molecule has 0 aliphatic rings. The molecule has 0 fully saturated rings. The van der Waals surface area contributed by atoms with Crippen LogP contribution in [0.5, 0.6) is 0 Å². The van der Waals surface area contributed by atoms with Crippen molar-refractivity contribution in [2.24, 2.45) is 0 Å². The van der Waals surface area contributed by atoms with Crippen molar-refractivity contribution in [1.82, 2.24) is 9.97 Å². The number of H-pyrrole nitrogens is 1. The van der Waals surface area contributed by atoms with Crippen LogP contribution in [0.1, 0.15) is 24.6 Å². The molecule has 0 bridgehead atoms. The number of hydrogen-bond acceptors (Lipinski definition) is 2. The zero-order valence-corrected chi connectivity index (χ0v) is 12.2. The molecule has 2 rings (SSSR count). The molecule has 0 spiro atoms. The molecule has 0 amide bonds. The summed E-state index contributed by atoms with van der Waals surface area (Å²) >= 11 is 3.36. The van der Waals surface area contributed by atoms with Gasteiger partial charge >= 0.3 is 5.97 Å². The summed E-state index contributed by atoms with van der Waals surface area (Å²) < 4.78 is 0.684. The van der Waals surface area contributed by atoms with E-state index in [0.717, 1.165) is 23.5 Å². The number of rotatable bonds is 5.